The molecule has 2 aromatic heterocycles. The van der Waals surface area contributed by atoms with Crippen molar-refractivity contribution >= 4 is 33.5 Å². The first-order valence-electron chi connectivity index (χ1n) is 5.10. The maximum atomic E-state index is 11.9. The zero-order valence-corrected chi connectivity index (χ0v) is 10.1. The molecule has 2 rings (SSSR count). The van der Waals surface area contributed by atoms with Gasteiger partial charge in [0.05, 0.1) is 11.7 Å². The molecular weight excluding hydrogens is 256 g/mol. The molecule has 0 aliphatic heterocycles. The van der Waals surface area contributed by atoms with Gasteiger partial charge in [0.15, 0.2) is 0 Å². The third-order valence-electron chi connectivity index (χ3n) is 2.29. The number of urea groups is 1. The number of amides is 3. The number of hydrogen-bond donors (Lipinski definition) is 2. The second kappa shape index (κ2) is 4.96. The topological polar surface area (TPSA) is 107 Å². The fourth-order valence-electron chi connectivity index (χ4n) is 1.47. The molecule has 8 heteroatoms. The van der Waals surface area contributed by atoms with E-state index in [9.17, 15) is 14.4 Å². The number of thiophene rings is 1. The molecule has 0 saturated heterocycles. The highest BCUT2D eigenvalue weighted by Crippen LogP contribution is 2.13. The van der Waals surface area contributed by atoms with Gasteiger partial charge < -0.3 is 5.73 Å². The Kier molecular flexibility index (Phi) is 3.38. The molecule has 0 fully saturated rings. The van der Waals surface area contributed by atoms with Crippen LogP contribution in [0.4, 0.5) is 4.79 Å². The number of nitrogens with zero attached hydrogens (tertiary/aromatic N) is 2. The van der Waals surface area contributed by atoms with Crippen LogP contribution in [0, 0.1) is 0 Å². The molecule has 7 nitrogen and oxygen atoms in total. The Balaban J connectivity index is 2.12. The quantitative estimate of drug-likeness (QED) is 0.817. The number of nitrogens with one attached hydrogen (secondary N) is 1. The third-order valence-corrected chi connectivity index (χ3v) is 3.11. The summed E-state index contributed by atoms with van der Waals surface area (Å²) >= 11 is 1.38. The van der Waals surface area contributed by atoms with Gasteiger partial charge >= 0.3 is 6.03 Å². The molecule has 3 amide bonds. The number of aromatic nitrogens is 2. The Morgan fingerprint density at radius 1 is 1.50 bits per heavy atom. The molecule has 2 aromatic rings. The van der Waals surface area contributed by atoms with E-state index >= 15 is 0 Å². The van der Waals surface area contributed by atoms with Crippen molar-refractivity contribution in [1.29, 1.82) is 0 Å². The van der Waals surface area contributed by atoms with Gasteiger partial charge in [-0.05, 0) is 11.4 Å². The Hall–Kier alpha value is -2.22. The Bertz CT molecular complexity index is 660. The van der Waals surface area contributed by atoms with E-state index in [1.54, 1.807) is 11.4 Å². The highest BCUT2D eigenvalue weighted by atomic mass is 32.1. The second-order valence-electron chi connectivity index (χ2n) is 3.54. The van der Waals surface area contributed by atoms with Crippen molar-refractivity contribution in [3.8, 4) is 0 Å². The lowest BCUT2D eigenvalue weighted by Gasteiger charge is -2.04. The van der Waals surface area contributed by atoms with Crippen LogP contribution in [0.1, 0.15) is 6.42 Å². The van der Waals surface area contributed by atoms with Gasteiger partial charge in [-0.2, -0.15) is 0 Å². The van der Waals surface area contributed by atoms with Crippen molar-refractivity contribution in [2.24, 2.45) is 5.73 Å². The zero-order valence-electron chi connectivity index (χ0n) is 9.25. The zero-order chi connectivity index (χ0) is 13.1. The summed E-state index contributed by atoms with van der Waals surface area (Å²) in [5.41, 5.74) is 4.60. The SMILES string of the molecule is NC(=O)NC(=O)CCn1cnc2sccc2c1=O. The van der Waals surface area contributed by atoms with Crippen LogP contribution in [0.25, 0.3) is 10.2 Å². The van der Waals surface area contributed by atoms with Crippen molar-refractivity contribution in [3.63, 3.8) is 0 Å². The minimum atomic E-state index is -0.904. The molecule has 0 aliphatic rings. The normalized spacial score (nSPS) is 10.4. The molecule has 0 aliphatic carbocycles. The summed E-state index contributed by atoms with van der Waals surface area (Å²) in [6.07, 6.45) is 1.37. The number of hydrogen-bond acceptors (Lipinski definition) is 5. The predicted octanol–water partition coefficient (Wildman–Crippen LogP) is 0.0430. The van der Waals surface area contributed by atoms with E-state index in [1.807, 2.05) is 5.32 Å². The predicted molar refractivity (Wildman–Crippen MR) is 66.2 cm³/mol. The van der Waals surface area contributed by atoms with Crippen molar-refractivity contribution < 1.29 is 9.59 Å². The number of imide groups is 1. The number of carbonyl (C=O) groups excluding carboxylic acids is 2. The number of carbonyl (C=O) groups is 2. The van der Waals surface area contributed by atoms with Crippen LogP contribution in [0.15, 0.2) is 22.6 Å². The van der Waals surface area contributed by atoms with E-state index in [4.69, 9.17) is 5.73 Å². The van der Waals surface area contributed by atoms with Gasteiger partial charge in [-0.25, -0.2) is 9.78 Å². The monoisotopic (exact) mass is 266 g/mol. The molecule has 18 heavy (non-hydrogen) atoms. The molecule has 94 valence electrons. The summed E-state index contributed by atoms with van der Waals surface area (Å²) < 4.78 is 1.33. The average molecular weight is 266 g/mol. The van der Waals surface area contributed by atoms with Gasteiger partial charge in [-0.1, -0.05) is 0 Å². The van der Waals surface area contributed by atoms with E-state index < -0.39 is 11.9 Å². The molecule has 0 atom stereocenters. The van der Waals surface area contributed by atoms with E-state index in [-0.39, 0.29) is 18.5 Å². The average Bonchev–Trinajstić information content (AvgIpc) is 2.76. The first-order valence-corrected chi connectivity index (χ1v) is 5.98. The molecule has 0 spiro atoms. The Morgan fingerprint density at radius 3 is 3.00 bits per heavy atom. The fourth-order valence-corrected chi connectivity index (χ4v) is 2.20. The molecule has 0 aromatic carbocycles. The first-order chi connectivity index (χ1) is 8.58. The van der Waals surface area contributed by atoms with E-state index in [1.165, 1.54) is 22.2 Å². The maximum Gasteiger partial charge on any atom is 0.318 e. The lowest BCUT2D eigenvalue weighted by atomic mass is 10.3. The number of primary amides is 1. The smallest absolute Gasteiger partial charge is 0.318 e. The van der Waals surface area contributed by atoms with Crippen LogP contribution >= 0.6 is 11.3 Å². The minimum Gasteiger partial charge on any atom is -0.351 e. The number of aryl methyl sites for hydroxylation is 1. The summed E-state index contributed by atoms with van der Waals surface area (Å²) in [6, 6.07) is 0.786. The van der Waals surface area contributed by atoms with Crippen molar-refractivity contribution in [2.45, 2.75) is 13.0 Å². The summed E-state index contributed by atoms with van der Waals surface area (Å²) in [5, 5.41) is 4.24. The summed E-state index contributed by atoms with van der Waals surface area (Å²) in [5.74, 6) is -0.528. The Morgan fingerprint density at radius 2 is 2.28 bits per heavy atom. The van der Waals surface area contributed by atoms with Gasteiger partial charge in [0.1, 0.15) is 4.83 Å². The summed E-state index contributed by atoms with van der Waals surface area (Å²) in [4.78, 5) is 38.3. The maximum absolute atomic E-state index is 11.9. The van der Waals surface area contributed by atoms with Crippen molar-refractivity contribution in [2.75, 3.05) is 0 Å². The van der Waals surface area contributed by atoms with E-state index in [0.29, 0.717) is 10.2 Å². The van der Waals surface area contributed by atoms with Crippen LogP contribution < -0.4 is 16.6 Å². The molecule has 2 heterocycles. The largest absolute Gasteiger partial charge is 0.351 e. The lowest BCUT2D eigenvalue weighted by Crippen LogP contribution is -2.36. The van der Waals surface area contributed by atoms with Crippen LogP contribution in [0.5, 0.6) is 0 Å². The second-order valence-corrected chi connectivity index (χ2v) is 4.44. The standard InChI is InChI=1S/C10H10N4O3S/c11-10(17)13-7(15)1-3-14-5-12-8-6(9(14)16)2-4-18-8/h2,4-5H,1,3H2,(H3,11,13,15,17). The van der Waals surface area contributed by atoms with E-state index in [0.717, 1.165) is 0 Å². The highest BCUT2D eigenvalue weighted by molar-refractivity contribution is 7.16. The van der Waals surface area contributed by atoms with Gasteiger partial charge in [0.2, 0.25) is 5.91 Å². The molecule has 3 N–H and O–H groups in total. The van der Waals surface area contributed by atoms with Crippen molar-refractivity contribution in [3.05, 3.63) is 28.1 Å². The van der Waals surface area contributed by atoms with Crippen LogP contribution in [0.3, 0.4) is 0 Å². The van der Waals surface area contributed by atoms with Gasteiger partial charge in [0.25, 0.3) is 5.56 Å². The molecule has 0 unspecified atom stereocenters. The van der Waals surface area contributed by atoms with Gasteiger partial charge in [-0.3, -0.25) is 19.5 Å². The first kappa shape index (κ1) is 12.2. The molecule has 0 radical (unpaired) electrons. The molecule has 0 saturated carbocycles. The minimum absolute atomic E-state index is 0.0137. The number of rotatable bonds is 3. The van der Waals surface area contributed by atoms with Crippen LogP contribution in [-0.4, -0.2) is 21.5 Å². The summed E-state index contributed by atoms with van der Waals surface area (Å²) in [6.45, 7) is 0.150. The van der Waals surface area contributed by atoms with Gasteiger partial charge in [-0.15, -0.1) is 11.3 Å². The Labute approximate surface area is 105 Å². The number of fused-ring (bicyclic) bond motifs is 1. The van der Waals surface area contributed by atoms with Crippen LogP contribution in [0.2, 0.25) is 0 Å². The third kappa shape index (κ3) is 2.54. The lowest BCUT2D eigenvalue weighted by molar-refractivity contribution is -0.120. The fraction of sp³-hybridized carbons (Fsp3) is 0.200. The van der Waals surface area contributed by atoms with Crippen molar-refractivity contribution in [1.82, 2.24) is 14.9 Å². The number of nitrogens with two attached hydrogens (primary N) is 1. The van der Waals surface area contributed by atoms with Gasteiger partial charge in [0, 0.05) is 13.0 Å². The highest BCUT2D eigenvalue weighted by Gasteiger charge is 2.08. The van der Waals surface area contributed by atoms with Crippen LogP contribution in [-0.2, 0) is 11.3 Å². The van der Waals surface area contributed by atoms with E-state index in [2.05, 4.69) is 4.98 Å². The molecular formula is C10H10N4O3S. The summed E-state index contributed by atoms with van der Waals surface area (Å²) in [7, 11) is 0. The molecule has 0 bridgehead atoms.